The second-order valence-electron chi connectivity index (χ2n) is 4.26. The summed E-state index contributed by atoms with van der Waals surface area (Å²) in [5, 5.41) is 3.92. The fraction of sp³-hybridized carbons (Fsp3) is 0.286. The zero-order chi connectivity index (χ0) is 14.5. The number of hydrogen-bond acceptors (Lipinski definition) is 5. The Morgan fingerprint density at radius 3 is 2.80 bits per heavy atom. The summed E-state index contributed by atoms with van der Waals surface area (Å²) in [4.78, 5) is 8.15. The van der Waals surface area contributed by atoms with Crippen molar-refractivity contribution in [2.45, 2.75) is 19.9 Å². The smallest absolute Gasteiger partial charge is 0.242 e. The molecule has 0 spiro atoms. The van der Waals surface area contributed by atoms with Crippen LogP contribution in [-0.4, -0.2) is 16.6 Å². The van der Waals surface area contributed by atoms with Crippen LogP contribution in [0.15, 0.2) is 30.6 Å². The normalized spacial score (nSPS) is 11.9. The molecule has 1 heterocycles. The number of nitrogens with one attached hydrogen (secondary N) is 1. The molecule has 6 heteroatoms. The van der Waals surface area contributed by atoms with Gasteiger partial charge in [-0.15, -0.1) is 0 Å². The van der Waals surface area contributed by atoms with E-state index >= 15 is 0 Å². The van der Waals surface area contributed by atoms with E-state index in [1.54, 1.807) is 0 Å². The summed E-state index contributed by atoms with van der Waals surface area (Å²) >= 11 is 6.18. The number of halogens is 1. The van der Waals surface area contributed by atoms with Gasteiger partial charge in [-0.05, 0) is 25.5 Å². The molecule has 0 aliphatic heterocycles. The SMILES string of the molecule is CCOc1ncnc(NC(C)c2ccccc2Cl)c1N. The quantitative estimate of drug-likeness (QED) is 0.884. The number of hydrogen-bond donors (Lipinski definition) is 2. The van der Waals surface area contributed by atoms with Gasteiger partial charge in [0.25, 0.3) is 0 Å². The van der Waals surface area contributed by atoms with Crippen LogP contribution in [-0.2, 0) is 0 Å². The molecule has 0 saturated heterocycles. The number of benzene rings is 1. The van der Waals surface area contributed by atoms with Gasteiger partial charge in [-0.25, -0.2) is 4.98 Å². The van der Waals surface area contributed by atoms with Crippen LogP contribution in [0.5, 0.6) is 5.88 Å². The molecule has 1 aromatic heterocycles. The van der Waals surface area contributed by atoms with Crippen molar-refractivity contribution in [1.29, 1.82) is 0 Å². The average Bonchev–Trinajstić information content (AvgIpc) is 2.44. The molecule has 5 nitrogen and oxygen atoms in total. The van der Waals surface area contributed by atoms with Crippen LogP contribution in [0.2, 0.25) is 5.02 Å². The highest BCUT2D eigenvalue weighted by molar-refractivity contribution is 6.31. The molecule has 1 aromatic carbocycles. The highest BCUT2D eigenvalue weighted by Gasteiger charge is 2.14. The Kier molecular flexibility index (Phi) is 4.63. The molecule has 0 radical (unpaired) electrons. The van der Waals surface area contributed by atoms with Gasteiger partial charge in [0.15, 0.2) is 5.82 Å². The molecule has 3 N–H and O–H groups in total. The molecular formula is C14H17ClN4O. The standard InChI is InChI=1S/C14H17ClN4O/c1-3-20-14-12(16)13(17-8-18-14)19-9(2)10-6-4-5-7-11(10)15/h4-9H,3,16H2,1-2H3,(H,17,18,19). The van der Waals surface area contributed by atoms with Gasteiger partial charge in [-0.2, -0.15) is 4.98 Å². The molecule has 0 aliphatic carbocycles. The van der Waals surface area contributed by atoms with E-state index in [-0.39, 0.29) is 6.04 Å². The van der Waals surface area contributed by atoms with E-state index in [2.05, 4.69) is 15.3 Å². The molecule has 0 saturated carbocycles. The molecule has 0 amide bonds. The van der Waals surface area contributed by atoms with E-state index in [1.165, 1.54) is 6.33 Å². The summed E-state index contributed by atoms with van der Waals surface area (Å²) in [6.45, 7) is 4.37. The molecule has 2 rings (SSSR count). The first-order valence-electron chi connectivity index (χ1n) is 6.37. The predicted molar refractivity (Wildman–Crippen MR) is 81.1 cm³/mol. The van der Waals surface area contributed by atoms with Crippen LogP contribution >= 0.6 is 11.6 Å². The van der Waals surface area contributed by atoms with Gasteiger partial charge in [-0.3, -0.25) is 0 Å². The first-order valence-corrected chi connectivity index (χ1v) is 6.75. The van der Waals surface area contributed by atoms with Crippen molar-refractivity contribution in [3.63, 3.8) is 0 Å². The van der Waals surface area contributed by atoms with Gasteiger partial charge < -0.3 is 15.8 Å². The van der Waals surface area contributed by atoms with Crippen molar-refractivity contribution >= 4 is 23.1 Å². The Morgan fingerprint density at radius 2 is 2.10 bits per heavy atom. The lowest BCUT2D eigenvalue weighted by Gasteiger charge is -2.18. The molecule has 0 fully saturated rings. The fourth-order valence-corrected chi connectivity index (χ4v) is 2.15. The number of anilines is 2. The summed E-state index contributed by atoms with van der Waals surface area (Å²) in [6, 6.07) is 7.61. The third-order valence-corrected chi connectivity index (χ3v) is 3.20. The van der Waals surface area contributed by atoms with Gasteiger partial charge in [0.2, 0.25) is 5.88 Å². The summed E-state index contributed by atoms with van der Waals surface area (Å²) in [6.07, 6.45) is 1.42. The van der Waals surface area contributed by atoms with E-state index in [1.807, 2.05) is 38.1 Å². The van der Waals surface area contributed by atoms with Gasteiger partial charge in [0.05, 0.1) is 12.6 Å². The van der Waals surface area contributed by atoms with Gasteiger partial charge in [0, 0.05) is 5.02 Å². The van der Waals surface area contributed by atoms with Gasteiger partial charge >= 0.3 is 0 Å². The Balaban J connectivity index is 2.22. The van der Waals surface area contributed by atoms with Crippen molar-refractivity contribution in [3.8, 4) is 5.88 Å². The van der Waals surface area contributed by atoms with Crippen molar-refractivity contribution in [2.75, 3.05) is 17.7 Å². The molecule has 106 valence electrons. The Morgan fingerprint density at radius 1 is 1.35 bits per heavy atom. The maximum atomic E-state index is 6.18. The van der Waals surface area contributed by atoms with Crippen LogP contribution in [0, 0.1) is 0 Å². The number of ether oxygens (including phenoxy) is 1. The Hall–Kier alpha value is -2.01. The van der Waals surface area contributed by atoms with Gasteiger partial charge in [0.1, 0.15) is 12.0 Å². The minimum Gasteiger partial charge on any atom is -0.476 e. The minimum atomic E-state index is -0.0321. The maximum absolute atomic E-state index is 6.18. The zero-order valence-electron chi connectivity index (χ0n) is 11.4. The number of nitrogen functional groups attached to an aromatic ring is 1. The number of nitrogens with zero attached hydrogens (tertiary/aromatic N) is 2. The highest BCUT2D eigenvalue weighted by atomic mass is 35.5. The molecule has 20 heavy (non-hydrogen) atoms. The van der Waals surface area contributed by atoms with E-state index in [0.29, 0.717) is 29.0 Å². The second kappa shape index (κ2) is 6.43. The predicted octanol–water partition coefficient (Wildman–Crippen LogP) is 3.28. The van der Waals surface area contributed by atoms with E-state index in [0.717, 1.165) is 5.56 Å². The second-order valence-corrected chi connectivity index (χ2v) is 4.67. The lowest BCUT2D eigenvalue weighted by atomic mass is 10.1. The molecular weight excluding hydrogens is 276 g/mol. The number of aromatic nitrogens is 2. The first-order chi connectivity index (χ1) is 9.63. The minimum absolute atomic E-state index is 0.0321. The summed E-state index contributed by atoms with van der Waals surface area (Å²) < 4.78 is 5.35. The molecule has 1 unspecified atom stereocenters. The van der Waals surface area contributed by atoms with Crippen molar-refractivity contribution < 1.29 is 4.74 Å². The van der Waals surface area contributed by atoms with E-state index in [9.17, 15) is 0 Å². The molecule has 1 atom stereocenters. The first kappa shape index (κ1) is 14.4. The van der Waals surface area contributed by atoms with E-state index in [4.69, 9.17) is 22.1 Å². The lowest BCUT2D eigenvalue weighted by Crippen LogP contribution is -2.12. The van der Waals surface area contributed by atoms with Gasteiger partial charge in [-0.1, -0.05) is 29.8 Å². The monoisotopic (exact) mass is 292 g/mol. The number of nitrogens with two attached hydrogens (primary N) is 1. The average molecular weight is 293 g/mol. The van der Waals surface area contributed by atoms with Crippen LogP contribution in [0.4, 0.5) is 11.5 Å². The van der Waals surface area contributed by atoms with Crippen molar-refractivity contribution in [2.24, 2.45) is 0 Å². The Bertz CT molecular complexity index is 591. The molecule has 0 aliphatic rings. The highest BCUT2D eigenvalue weighted by Crippen LogP contribution is 2.30. The molecule has 2 aromatic rings. The topological polar surface area (TPSA) is 73.1 Å². The zero-order valence-corrected chi connectivity index (χ0v) is 12.2. The van der Waals surface area contributed by atoms with E-state index < -0.39 is 0 Å². The Labute approximate surface area is 123 Å². The van der Waals surface area contributed by atoms with Crippen LogP contribution in [0.1, 0.15) is 25.5 Å². The van der Waals surface area contributed by atoms with Crippen molar-refractivity contribution in [3.05, 3.63) is 41.2 Å². The van der Waals surface area contributed by atoms with Crippen LogP contribution in [0.3, 0.4) is 0 Å². The van der Waals surface area contributed by atoms with Crippen molar-refractivity contribution in [1.82, 2.24) is 9.97 Å². The van der Waals surface area contributed by atoms with Crippen LogP contribution in [0.25, 0.3) is 0 Å². The number of rotatable bonds is 5. The third-order valence-electron chi connectivity index (χ3n) is 2.85. The largest absolute Gasteiger partial charge is 0.476 e. The fourth-order valence-electron chi connectivity index (χ4n) is 1.86. The third kappa shape index (κ3) is 3.11. The summed E-state index contributed by atoms with van der Waals surface area (Å²) in [5.74, 6) is 0.923. The lowest BCUT2D eigenvalue weighted by molar-refractivity contribution is 0.328. The molecule has 0 bridgehead atoms. The maximum Gasteiger partial charge on any atom is 0.242 e. The summed E-state index contributed by atoms with van der Waals surface area (Å²) in [5.41, 5.74) is 7.36. The summed E-state index contributed by atoms with van der Waals surface area (Å²) in [7, 11) is 0. The van der Waals surface area contributed by atoms with Crippen LogP contribution < -0.4 is 15.8 Å².